The van der Waals surface area contributed by atoms with Crippen molar-refractivity contribution in [1.29, 1.82) is 0 Å². The smallest absolute Gasteiger partial charge is 0.230 e. The molecule has 1 fully saturated rings. The maximum Gasteiger partial charge on any atom is 0.230 e. The van der Waals surface area contributed by atoms with Gasteiger partial charge in [0.15, 0.2) is 0 Å². The van der Waals surface area contributed by atoms with E-state index in [0.717, 1.165) is 44.5 Å². The lowest BCUT2D eigenvalue weighted by Gasteiger charge is -2.39. The third-order valence-corrected chi connectivity index (χ3v) is 4.97. The van der Waals surface area contributed by atoms with E-state index in [-0.39, 0.29) is 17.4 Å². The number of hydrogen-bond acceptors (Lipinski definition) is 3. The van der Waals surface area contributed by atoms with Crippen molar-refractivity contribution in [1.82, 2.24) is 4.90 Å². The molecule has 0 atom stereocenters. The quantitative estimate of drug-likeness (QED) is 0.879. The molecule has 2 rings (SSSR count). The van der Waals surface area contributed by atoms with Crippen LogP contribution in [-0.4, -0.2) is 36.5 Å². The van der Waals surface area contributed by atoms with E-state index in [9.17, 15) is 4.79 Å². The normalized spacial score (nSPS) is 16.6. The number of nitrogens with zero attached hydrogens (tertiary/aromatic N) is 1. The van der Waals surface area contributed by atoms with Crippen LogP contribution in [0.2, 0.25) is 0 Å². The minimum absolute atomic E-state index is 0.196. The number of carbonyl (C=O) groups excluding carboxylic acids is 1. The van der Waals surface area contributed by atoms with E-state index in [1.54, 1.807) is 0 Å². The molecular formula is C18H28N2O2. The number of amides is 1. The van der Waals surface area contributed by atoms with Gasteiger partial charge in [-0.3, -0.25) is 4.79 Å². The van der Waals surface area contributed by atoms with Crippen molar-refractivity contribution in [3.8, 4) is 5.75 Å². The highest BCUT2D eigenvalue weighted by molar-refractivity contribution is 5.83. The Bertz CT molecular complexity index is 455. The summed E-state index contributed by atoms with van der Waals surface area (Å²) in [5.74, 6) is 1.13. The number of ether oxygens (including phenoxy) is 1. The molecule has 1 aromatic carbocycles. The minimum Gasteiger partial charge on any atom is -0.490 e. The standard InChI is InChI=1S/C18H28N2O2/c1-3-18(4-2,14-19)17(21)20-12-10-16(11-13-20)22-15-8-6-5-7-9-15/h5-9,16H,3-4,10-14,19H2,1-2H3. The highest BCUT2D eigenvalue weighted by Crippen LogP contribution is 2.29. The molecule has 1 aromatic rings. The first-order valence-electron chi connectivity index (χ1n) is 8.36. The van der Waals surface area contributed by atoms with Gasteiger partial charge < -0.3 is 15.4 Å². The van der Waals surface area contributed by atoms with Crippen LogP contribution in [0.4, 0.5) is 0 Å². The van der Waals surface area contributed by atoms with Crippen LogP contribution in [0, 0.1) is 5.41 Å². The summed E-state index contributed by atoms with van der Waals surface area (Å²) in [7, 11) is 0. The van der Waals surface area contributed by atoms with Crippen molar-refractivity contribution in [2.75, 3.05) is 19.6 Å². The lowest BCUT2D eigenvalue weighted by atomic mass is 9.80. The Morgan fingerprint density at radius 1 is 1.23 bits per heavy atom. The number of carbonyl (C=O) groups is 1. The van der Waals surface area contributed by atoms with Crippen LogP contribution < -0.4 is 10.5 Å². The molecule has 1 aliphatic heterocycles. The third-order valence-electron chi connectivity index (χ3n) is 4.97. The van der Waals surface area contributed by atoms with Gasteiger partial charge in [-0.05, 0) is 25.0 Å². The average Bonchev–Trinajstić information content (AvgIpc) is 2.58. The maximum atomic E-state index is 12.8. The summed E-state index contributed by atoms with van der Waals surface area (Å²) in [6, 6.07) is 9.89. The molecule has 4 heteroatoms. The van der Waals surface area contributed by atoms with Crippen molar-refractivity contribution in [2.24, 2.45) is 11.1 Å². The molecule has 1 aliphatic rings. The summed E-state index contributed by atoms with van der Waals surface area (Å²) < 4.78 is 5.99. The number of nitrogens with two attached hydrogens (primary N) is 1. The van der Waals surface area contributed by atoms with E-state index < -0.39 is 0 Å². The van der Waals surface area contributed by atoms with E-state index >= 15 is 0 Å². The average molecular weight is 304 g/mol. The summed E-state index contributed by atoms with van der Waals surface area (Å²) in [6.07, 6.45) is 3.57. The molecule has 122 valence electrons. The van der Waals surface area contributed by atoms with E-state index in [1.807, 2.05) is 35.2 Å². The van der Waals surface area contributed by atoms with E-state index in [4.69, 9.17) is 10.5 Å². The molecule has 0 aliphatic carbocycles. The monoisotopic (exact) mass is 304 g/mol. The molecule has 0 radical (unpaired) electrons. The Kier molecular flexibility index (Phi) is 5.83. The van der Waals surface area contributed by atoms with Gasteiger partial charge in [0.1, 0.15) is 11.9 Å². The summed E-state index contributed by atoms with van der Waals surface area (Å²) in [6.45, 7) is 6.06. The Balaban J connectivity index is 1.90. The van der Waals surface area contributed by atoms with Gasteiger partial charge in [-0.15, -0.1) is 0 Å². The Morgan fingerprint density at radius 3 is 2.32 bits per heavy atom. The number of rotatable bonds is 6. The fourth-order valence-corrected chi connectivity index (χ4v) is 3.13. The Hall–Kier alpha value is -1.55. The molecule has 0 spiro atoms. The van der Waals surface area contributed by atoms with Crippen molar-refractivity contribution in [2.45, 2.75) is 45.6 Å². The molecule has 0 aromatic heterocycles. The van der Waals surface area contributed by atoms with E-state index in [2.05, 4.69) is 13.8 Å². The van der Waals surface area contributed by atoms with Gasteiger partial charge in [-0.2, -0.15) is 0 Å². The molecule has 22 heavy (non-hydrogen) atoms. The molecular weight excluding hydrogens is 276 g/mol. The van der Waals surface area contributed by atoms with E-state index in [0.29, 0.717) is 6.54 Å². The number of likely N-dealkylation sites (tertiary alicyclic amines) is 1. The van der Waals surface area contributed by atoms with Crippen molar-refractivity contribution in [3.05, 3.63) is 30.3 Å². The van der Waals surface area contributed by atoms with Gasteiger partial charge in [0, 0.05) is 32.5 Å². The summed E-state index contributed by atoms with van der Waals surface area (Å²) in [5.41, 5.74) is 5.51. The van der Waals surface area contributed by atoms with Crippen LogP contribution in [0.3, 0.4) is 0 Å². The van der Waals surface area contributed by atoms with Crippen molar-refractivity contribution in [3.63, 3.8) is 0 Å². The summed E-state index contributed by atoms with van der Waals surface area (Å²) in [5, 5.41) is 0. The third kappa shape index (κ3) is 3.61. The molecule has 1 saturated heterocycles. The largest absolute Gasteiger partial charge is 0.490 e. The first-order valence-corrected chi connectivity index (χ1v) is 8.36. The van der Waals surface area contributed by atoms with Gasteiger partial charge >= 0.3 is 0 Å². The lowest BCUT2D eigenvalue weighted by Crippen LogP contribution is -2.51. The Labute approximate surface area is 133 Å². The number of para-hydroxylation sites is 1. The predicted molar refractivity (Wildman–Crippen MR) is 88.7 cm³/mol. The zero-order chi connectivity index (χ0) is 16.0. The van der Waals surface area contributed by atoms with Gasteiger partial charge in [-0.1, -0.05) is 32.0 Å². The minimum atomic E-state index is -0.382. The van der Waals surface area contributed by atoms with Gasteiger partial charge in [0.25, 0.3) is 0 Å². The van der Waals surface area contributed by atoms with Crippen LogP contribution >= 0.6 is 0 Å². The highest BCUT2D eigenvalue weighted by Gasteiger charge is 2.38. The molecule has 0 unspecified atom stereocenters. The van der Waals surface area contributed by atoms with Gasteiger partial charge in [0.05, 0.1) is 5.41 Å². The zero-order valence-electron chi connectivity index (χ0n) is 13.8. The molecule has 0 saturated carbocycles. The fourth-order valence-electron chi connectivity index (χ4n) is 3.13. The van der Waals surface area contributed by atoms with E-state index in [1.165, 1.54) is 0 Å². The highest BCUT2D eigenvalue weighted by atomic mass is 16.5. The zero-order valence-corrected chi connectivity index (χ0v) is 13.8. The van der Waals surface area contributed by atoms with Crippen LogP contribution in [0.25, 0.3) is 0 Å². The second-order valence-corrected chi connectivity index (χ2v) is 6.11. The first-order chi connectivity index (χ1) is 10.6. The van der Waals surface area contributed by atoms with Crippen LogP contribution in [0.15, 0.2) is 30.3 Å². The second kappa shape index (κ2) is 7.63. The lowest BCUT2D eigenvalue weighted by molar-refractivity contribution is -0.144. The first kappa shape index (κ1) is 16.8. The number of hydrogen-bond donors (Lipinski definition) is 1. The van der Waals surface area contributed by atoms with Crippen LogP contribution in [0.5, 0.6) is 5.75 Å². The summed E-state index contributed by atoms with van der Waals surface area (Å²) in [4.78, 5) is 14.8. The van der Waals surface area contributed by atoms with Gasteiger partial charge in [0.2, 0.25) is 5.91 Å². The van der Waals surface area contributed by atoms with Crippen LogP contribution in [0.1, 0.15) is 39.5 Å². The topological polar surface area (TPSA) is 55.6 Å². The fraction of sp³-hybridized carbons (Fsp3) is 0.611. The second-order valence-electron chi connectivity index (χ2n) is 6.11. The van der Waals surface area contributed by atoms with Crippen molar-refractivity contribution < 1.29 is 9.53 Å². The molecule has 1 amide bonds. The molecule has 4 nitrogen and oxygen atoms in total. The van der Waals surface area contributed by atoms with Crippen LogP contribution in [-0.2, 0) is 4.79 Å². The SMILES string of the molecule is CCC(CC)(CN)C(=O)N1CCC(Oc2ccccc2)CC1. The molecule has 1 heterocycles. The number of piperidine rings is 1. The van der Waals surface area contributed by atoms with Gasteiger partial charge in [-0.25, -0.2) is 0 Å². The van der Waals surface area contributed by atoms with Crippen molar-refractivity contribution >= 4 is 5.91 Å². The Morgan fingerprint density at radius 2 is 1.82 bits per heavy atom. The maximum absolute atomic E-state index is 12.8. The summed E-state index contributed by atoms with van der Waals surface area (Å²) >= 11 is 0. The predicted octanol–water partition coefficient (Wildman–Crippen LogP) is 2.82. The molecule has 2 N–H and O–H groups in total. The number of benzene rings is 1. The molecule has 0 bridgehead atoms.